The Kier molecular flexibility index (Phi) is 4.78. The highest BCUT2D eigenvalue weighted by Gasteiger charge is 2.19. The molecule has 0 aliphatic heterocycles. The Morgan fingerprint density at radius 3 is 1.82 bits per heavy atom. The standard InChI is InChI=1S/C43H28N2/c1-2-18-32(19-3-1)45-40-27-11-10-26-39(40)44-43(45)31-17-12-16-30(28-31)41-35-21-6-8-23-37(35)42(38-24-9-7-22-36(38)41)34-25-13-15-29-14-4-5-20-33(29)34/h1-28H/i1D,2D,3D,18D,19D. The van der Waals surface area contributed by atoms with Crippen LogP contribution in [0.15, 0.2) is 170 Å². The Bertz CT molecular complexity index is 2750. The fourth-order valence-electron chi connectivity index (χ4n) is 6.79. The molecule has 0 atom stereocenters. The molecule has 0 amide bonds. The first-order valence-electron chi connectivity index (χ1n) is 17.5. The number of fused-ring (bicyclic) bond motifs is 4. The highest BCUT2D eigenvalue weighted by atomic mass is 15.1. The van der Waals surface area contributed by atoms with Gasteiger partial charge in [-0.25, -0.2) is 4.98 Å². The van der Waals surface area contributed by atoms with Crippen molar-refractivity contribution in [2.45, 2.75) is 0 Å². The van der Waals surface area contributed by atoms with Crippen molar-refractivity contribution in [3.8, 4) is 39.3 Å². The number of para-hydroxylation sites is 3. The number of nitrogens with zero attached hydrogens (tertiary/aromatic N) is 2. The lowest BCUT2D eigenvalue weighted by Crippen LogP contribution is -1.97. The number of benzene rings is 8. The Labute approximate surface area is 268 Å². The van der Waals surface area contributed by atoms with Gasteiger partial charge in [-0.2, -0.15) is 0 Å². The Hall–Kier alpha value is -5.99. The van der Waals surface area contributed by atoms with Crippen molar-refractivity contribution in [2.24, 2.45) is 0 Å². The molecule has 1 aromatic heterocycles. The van der Waals surface area contributed by atoms with Gasteiger partial charge < -0.3 is 0 Å². The fourth-order valence-corrected chi connectivity index (χ4v) is 6.79. The third kappa shape index (κ3) is 4.07. The van der Waals surface area contributed by atoms with Gasteiger partial charge in [0.05, 0.1) is 17.9 Å². The number of hydrogen-bond donors (Lipinski definition) is 0. The second-order valence-electron chi connectivity index (χ2n) is 11.2. The van der Waals surface area contributed by atoms with E-state index >= 15 is 0 Å². The highest BCUT2D eigenvalue weighted by Crippen LogP contribution is 2.45. The molecule has 0 bridgehead atoms. The van der Waals surface area contributed by atoms with E-state index in [1.54, 1.807) is 4.57 Å². The normalized spacial score (nSPS) is 13.1. The summed E-state index contributed by atoms with van der Waals surface area (Å²) in [4.78, 5) is 4.99. The van der Waals surface area contributed by atoms with Gasteiger partial charge in [-0.15, -0.1) is 0 Å². The first-order valence-corrected chi connectivity index (χ1v) is 15.0. The molecule has 0 saturated carbocycles. The van der Waals surface area contributed by atoms with Gasteiger partial charge in [0.15, 0.2) is 0 Å². The van der Waals surface area contributed by atoms with Gasteiger partial charge in [-0.3, -0.25) is 4.57 Å². The summed E-state index contributed by atoms with van der Waals surface area (Å²) < 4.78 is 44.3. The molecule has 9 aromatic rings. The van der Waals surface area contributed by atoms with E-state index in [1.807, 2.05) is 36.4 Å². The van der Waals surface area contributed by atoms with E-state index in [2.05, 4.69) is 103 Å². The minimum Gasteiger partial charge on any atom is -0.292 e. The summed E-state index contributed by atoms with van der Waals surface area (Å²) >= 11 is 0. The van der Waals surface area contributed by atoms with Crippen LogP contribution in [0.5, 0.6) is 0 Å². The average Bonchev–Trinajstić information content (AvgIpc) is 3.54. The van der Waals surface area contributed by atoms with Crippen molar-refractivity contribution in [3.63, 3.8) is 0 Å². The Morgan fingerprint density at radius 2 is 1.07 bits per heavy atom. The van der Waals surface area contributed by atoms with E-state index in [4.69, 9.17) is 11.8 Å². The SMILES string of the molecule is [2H]c1c([2H])c([2H])c(-n2c(-c3cccc(-c4c5ccccc5c(-c5cccc6ccccc56)c5ccccc45)c3)nc3ccccc32)c([2H])c1[2H]. The van der Waals surface area contributed by atoms with Crippen molar-refractivity contribution in [2.75, 3.05) is 0 Å². The summed E-state index contributed by atoms with van der Waals surface area (Å²) in [5, 5.41) is 6.92. The summed E-state index contributed by atoms with van der Waals surface area (Å²) in [5.74, 6) is 0.493. The van der Waals surface area contributed by atoms with E-state index < -0.39 is 6.04 Å². The third-order valence-corrected chi connectivity index (χ3v) is 8.67. The van der Waals surface area contributed by atoms with Gasteiger partial charge in [0.1, 0.15) is 5.82 Å². The van der Waals surface area contributed by atoms with Crippen LogP contribution in [0.3, 0.4) is 0 Å². The number of imidazole rings is 1. The van der Waals surface area contributed by atoms with Gasteiger partial charge in [0.2, 0.25) is 0 Å². The zero-order valence-corrected chi connectivity index (χ0v) is 24.2. The predicted octanol–water partition coefficient (Wildman–Crippen LogP) is 11.5. The predicted molar refractivity (Wildman–Crippen MR) is 190 cm³/mol. The van der Waals surface area contributed by atoms with Crippen molar-refractivity contribution in [1.82, 2.24) is 9.55 Å². The van der Waals surface area contributed by atoms with Gasteiger partial charge in [-0.1, -0.05) is 139 Å². The minimum atomic E-state index is -0.428. The van der Waals surface area contributed by atoms with E-state index in [0.29, 0.717) is 16.9 Å². The summed E-state index contributed by atoms with van der Waals surface area (Å²) in [6, 6.07) is 46.0. The Balaban J connectivity index is 1.33. The number of hydrogen-bond acceptors (Lipinski definition) is 1. The lowest BCUT2D eigenvalue weighted by Gasteiger charge is -2.19. The fraction of sp³-hybridized carbons (Fsp3) is 0. The van der Waals surface area contributed by atoms with Gasteiger partial charge in [0.25, 0.3) is 0 Å². The highest BCUT2D eigenvalue weighted by molar-refractivity contribution is 6.23. The maximum atomic E-state index is 8.82. The average molecular weight is 578 g/mol. The molecule has 2 nitrogen and oxygen atoms in total. The Morgan fingerprint density at radius 1 is 0.489 bits per heavy atom. The van der Waals surface area contributed by atoms with Crippen LogP contribution < -0.4 is 0 Å². The molecule has 2 heteroatoms. The molecule has 0 fully saturated rings. The lowest BCUT2D eigenvalue weighted by molar-refractivity contribution is 1.10. The largest absolute Gasteiger partial charge is 0.292 e. The first-order chi connectivity index (χ1) is 24.4. The molecule has 0 radical (unpaired) electrons. The van der Waals surface area contributed by atoms with Crippen molar-refractivity contribution < 1.29 is 6.85 Å². The lowest BCUT2D eigenvalue weighted by atomic mass is 9.84. The van der Waals surface area contributed by atoms with Crippen LogP contribution in [0.1, 0.15) is 6.85 Å². The van der Waals surface area contributed by atoms with E-state index in [-0.39, 0.29) is 29.9 Å². The van der Waals surface area contributed by atoms with Crippen molar-refractivity contribution >= 4 is 43.4 Å². The van der Waals surface area contributed by atoms with Crippen LogP contribution in [0.4, 0.5) is 0 Å². The molecule has 45 heavy (non-hydrogen) atoms. The van der Waals surface area contributed by atoms with Gasteiger partial charge >= 0.3 is 0 Å². The smallest absolute Gasteiger partial charge is 0.145 e. The second-order valence-corrected chi connectivity index (χ2v) is 11.2. The van der Waals surface area contributed by atoms with Crippen LogP contribution in [0.25, 0.3) is 82.7 Å². The molecule has 210 valence electrons. The number of rotatable bonds is 4. The molecule has 0 unspecified atom stereocenters. The summed E-state index contributed by atoms with van der Waals surface area (Å²) in [6.07, 6.45) is 0. The zero-order valence-electron chi connectivity index (χ0n) is 29.2. The first kappa shape index (κ1) is 20.8. The van der Waals surface area contributed by atoms with Gasteiger partial charge in [-0.05, 0) is 84.9 Å². The van der Waals surface area contributed by atoms with Crippen molar-refractivity contribution in [1.29, 1.82) is 0 Å². The maximum Gasteiger partial charge on any atom is 0.145 e. The molecular formula is C43H28N2. The summed E-state index contributed by atoms with van der Waals surface area (Å²) in [5.41, 5.74) is 6.60. The van der Waals surface area contributed by atoms with E-state index in [1.165, 1.54) is 21.9 Å². The van der Waals surface area contributed by atoms with Crippen LogP contribution in [-0.4, -0.2) is 9.55 Å². The molecule has 0 spiro atoms. The van der Waals surface area contributed by atoms with Crippen LogP contribution in [0.2, 0.25) is 0 Å². The van der Waals surface area contributed by atoms with E-state index in [9.17, 15) is 0 Å². The molecule has 9 rings (SSSR count). The van der Waals surface area contributed by atoms with Crippen LogP contribution in [0, 0.1) is 0 Å². The topological polar surface area (TPSA) is 17.8 Å². The number of aromatic nitrogens is 2. The molecule has 1 heterocycles. The second kappa shape index (κ2) is 10.3. The molecule has 0 N–H and O–H groups in total. The minimum absolute atomic E-state index is 0.0699. The zero-order chi connectivity index (χ0) is 34.1. The van der Waals surface area contributed by atoms with Gasteiger partial charge in [0, 0.05) is 11.3 Å². The monoisotopic (exact) mass is 577 g/mol. The molecule has 0 saturated heterocycles. The molecule has 0 aliphatic carbocycles. The van der Waals surface area contributed by atoms with Crippen LogP contribution >= 0.6 is 0 Å². The summed E-state index contributed by atoms with van der Waals surface area (Å²) in [6.45, 7) is 0. The van der Waals surface area contributed by atoms with Crippen molar-refractivity contribution in [3.05, 3.63) is 170 Å². The van der Waals surface area contributed by atoms with Crippen LogP contribution in [-0.2, 0) is 0 Å². The molecule has 0 aliphatic rings. The van der Waals surface area contributed by atoms with E-state index in [0.717, 1.165) is 38.2 Å². The quantitative estimate of drug-likeness (QED) is 0.190. The maximum absolute atomic E-state index is 8.82. The summed E-state index contributed by atoms with van der Waals surface area (Å²) in [7, 11) is 0. The molecular weight excluding hydrogens is 544 g/mol. The molecule has 8 aromatic carbocycles. The third-order valence-electron chi connectivity index (χ3n) is 8.67.